The Morgan fingerprint density at radius 3 is 2.82 bits per heavy atom. The van der Waals surface area contributed by atoms with Crippen LogP contribution in [0.2, 0.25) is 10.0 Å². The molecule has 2 N–H and O–H groups in total. The topological polar surface area (TPSA) is 99.4 Å². The number of aryl methyl sites for hydroxylation is 1. The number of hydrogen-bond acceptors (Lipinski definition) is 6. The van der Waals surface area contributed by atoms with Gasteiger partial charge in [0.15, 0.2) is 0 Å². The molecule has 0 unspecified atom stereocenters. The number of hydrogen-bond donors (Lipinski definition) is 2. The van der Waals surface area contributed by atoms with Crippen molar-refractivity contribution in [3.8, 4) is 0 Å². The highest BCUT2D eigenvalue weighted by atomic mass is 35.5. The predicted octanol–water partition coefficient (Wildman–Crippen LogP) is 4.30. The molecular weight excluding hydrogens is 477 g/mol. The van der Waals surface area contributed by atoms with Gasteiger partial charge >= 0.3 is 6.03 Å². The zero-order valence-corrected chi connectivity index (χ0v) is 19.9. The number of urea groups is 1. The lowest BCUT2D eigenvalue weighted by Crippen LogP contribution is -2.34. The molecular formula is C23H23Cl2N7O2. The molecule has 0 bridgehead atoms. The number of rotatable bonds is 8. The molecule has 3 aromatic rings. The lowest BCUT2D eigenvalue weighted by atomic mass is 10.1. The van der Waals surface area contributed by atoms with E-state index in [-0.39, 0.29) is 19.2 Å². The van der Waals surface area contributed by atoms with Crippen LogP contribution in [0.25, 0.3) is 0 Å². The molecule has 0 aliphatic carbocycles. The van der Waals surface area contributed by atoms with E-state index in [0.29, 0.717) is 33.8 Å². The molecule has 34 heavy (non-hydrogen) atoms. The van der Waals surface area contributed by atoms with Crippen molar-refractivity contribution in [2.24, 2.45) is 7.05 Å². The van der Waals surface area contributed by atoms with Crippen LogP contribution in [0.3, 0.4) is 0 Å². The van der Waals surface area contributed by atoms with Gasteiger partial charge in [0, 0.05) is 36.5 Å². The number of nitrogens with one attached hydrogen (secondary N) is 1. The number of aliphatic hydroxyl groups is 1. The first kappa shape index (κ1) is 23.7. The van der Waals surface area contributed by atoms with Gasteiger partial charge in [0.05, 0.1) is 42.3 Å². The first-order valence-corrected chi connectivity index (χ1v) is 11.2. The fourth-order valence-corrected chi connectivity index (χ4v) is 4.08. The van der Waals surface area contributed by atoms with E-state index in [1.165, 1.54) is 17.3 Å². The minimum Gasteiger partial charge on any atom is -0.394 e. The van der Waals surface area contributed by atoms with E-state index in [9.17, 15) is 9.90 Å². The van der Waals surface area contributed by atoms with Crippen LogP contribution < -0.4 is 5.32 Å². The maximum atomic E-state index is 13.1. The van der Waals surface area contributed by atoms with Crippen molar-refractivity contribution in [2.75, 3.05) is 18.5 Å². The molecule has 1 atom stereocenters. The highest BCUT2D eigenvalue weighted by Gasteiger charge is 2.36. The fraction of sp³-hybridized carbons (Fsp3) is 0.217. The Morgan fingerprint density at radius 2 is 2.15 bits per heavy atom. The number of allylic oxidation sites excluding steroid dienone is 1. The molecule has 1 saturated heterocycles. The van der Waals surface area contributed by atoms with Crippen LogP contribution in [0.5, 0.6) is 0 Å². The maximum Gasteiger partial charge on any atom is 0.329 e. The quantitative estimate of drug-likeness (QED) is 0.479. The SMILES string of the molecule is C=CN1C(=O)N([C@H](CO)c2cccc(Cl)c2)C/C1=C/Cc1nc(Nc2ccnn2C)ncc1Cl. The van der Waals surface area contributed by atoms with Gasteiger partial charge in [-0.1, -0.05) is 48.0 Å². The number of carbonyl (C=O) groups excluding carboxylic acids is 1. The van der Waals surface area contributed by atoms with Crippen LogP contribution in [0, 0.1) is 0 Å². The Balaban J connectivity index is 1.55. The van der Waals surface area contributed by atoms with Crippen molar-refractivity contribution >= 4 is 41.0 Å². The van der Waals surface area contributed by atoms with Gasteiger partial charge in [-0.15, -0.1) is 0 Å². The van der Waals surface area contributed by atoms with Crippen molar-refractivity contribution in [3.63, 3.8) is 0 Å². The van der Waals surface area contributed by atoms with Crippen LogP contribution in [0.15, 0.2) is 67.3 Å². The Bertz CT molecular complexity index is 1240. The van der Waals surface area contributed by atoms with Gasteiger partial charge in [-0.3, -0.25) is 9.58 Å². The standard InChI is InChI=1S/C23H23Cl2N7O2/c1-3-31-17(13-32(23(31)34)20(14-33)15-5-4-6-16(24)11-15)7-8-19-18(25)12-26-22(28-19)29-21-9-10-27-30(21)2/h3-7,9-12,20,33H,1,8,13-14H2,2H3,(H,26,28,29)/b17-7-/t20-/m1/s1. The number of aromatic nitrogens is 4. The molecule has 2 amide bonds. The second-order valence-corrected chi connectivity index (χ2v) is 8.41. The summed E-state index contributed by atoms with van der Waals surface area (Å²) in [5.41, 5.74) is 2.05. The van der Waals surface area contributed by atoms with Crippen molar-refractivity contribution in [1.82, 2.24) is 29.5 Å². The third kappa shape index (κ3) is 4.91. The van der Waals surface area contributed by atoms with E-state index in [0.717, 1.165) is 11.4 Å². The number of benzene rings is 1. The highest BCUT2D eigenvalue weighted by molar-refractivity contribution is 6.31. The van der Waals surface area contributed by atoms with Gasteiger partial charge < -0.3 is 15.3 Å². The molecule has 4 rings (SSSR count). The molecule has 1 aromatic carbocycles. The second-order valence-electron chi connectivity index (χ2n) is 7.57. The first-order chi connectivity index (χ1) is 16.4. The molecule has 11 heteroatoms. The molecule has 1 fully saturated rings. The summed E-state index contributed by atoms with van der Waals surface area (Å²) in [6, 6.07) is 8.08. The Kier molecular flexibility index (Phi) is 7.16. The van der Waals surface area contributed by atoms with Crippen molar-refractivity contribution in [1.29, 1.82) is 0 Å². The molecule has 1 aliphatic rings. The molecule has 3 heterocycles. The van der Waals surface area contributed by atoms with Crippen LogP contribution >= 0.6 is 23.2 Å². The minimum atomic E-state index is -0.545. The number of carbonyl (C=O) groups is 1. The highest BCUT2D eigenvalue weighted by Crippen LogP contribution is 2.31. The van der Waals surface area contributed by atoms with E-state index in [2.05, 4.69) is 27.0 Å². The fourth-order valence-electron chi connectivity index (χ4n) is 3.71. The summed E-state index contributed by atoms with van der Waals surface area (Å²) in [4.78, 5) is 24.8. The van der Waals surface area contributed by atoms with Gasteiger partial charge in [0.25, 0.3) is 0 Å². The number of anilines is 2. The number of halogens is 2. The first-order valence-electron chi connectivity index (χ1n) is 10.5. The zero-order chi connectivity index (χ0) is 24.2. The van der Waals surface area contributed by atoms with Crippen LogP contribution in [-0.4, -0.2) is 53.8 Å². The molecule has 0 radical (unpaired) electrons. The van der Waals surface area contributed by atoms with Gasteiger partial charge in [-0.25, -0.2) is 14.8 Å². The average Bonchev–Trinajstić information content (AvgIpc) is 3.37. The molecule has 2 aromatic heterocycles. The van der Waals surface area contributed by atoms with E-state index in [4.69, 9.17) is 23.2 Å². The summed E-state index contributed by atoms with van der Waals surface area (Å²) in [5, 5.41) is 18.2. The summed E-state index contributed by atoms with van der Waals surface area (Å²) in [5.74, 6) is 1.12. The zero-order valence-electron chi connectivity index (χ0n) is 18.4. The summed E-state index contributed by atoms with van der Waals surface area (Å²) in [6.45, 7) is 3.81. The molecule has 176 valence electrons. The molecule has 1 aliphatic heterocycles. The average molecular weight is 500 g/mol. The smallest absolute Gasteiger partial charge is 0.329 e. The van der Waals surface area contributed by atoms with Gasteiger partial charge in [0.2, 0.25) is 5.95 Å². The van der Waals surface area contributed by atoms with Gasteiger partial charge in [0.1, 0.15) is 5.82 Å². The van der Waals surface area contributed by atoms with Crippen LogP contribution in [0.4, 0.5) is 16.6 Å². The summed E-state index contributed by atoms with van der Waals surface area (Å²) in [7, 11) is 1.80. The van der Waals surface area contributed by atoms with E-state index >= 15 is 0 Å². The predicted molar refractivity (Wildman–Crippen MR) is 131 cm³/mol. The lowest BCUT2D eigenvalue weighted by Gasteiger charge is -2.25. The minimum absolute atomic E-state index is 0.245. The molecule has 0 spiro atoms. The second kappa shape index (κ2) is 10.3. The largest absolute Gasteiger partial charge is 0.394 e. The number of aliphatic hydroxyl groups excluding tert-OH is 1. The molecule has 9 nitrogen and oxygen atoms in total. The van der Waals surface area contributed by atoms with Crippen LogP contribution in [-0.2, 0) is 13.5 Å². The van der Waals surface area contributed by atoms with E-state index in [1.807, 2.05) is 12.1 Å². The normalized spacial score (nSPS) is 15.8. The van der Waals surface area contributed by atoms with Crippen molar-refractivity contribution < 1.29 is 9.90 Å². The maximum absolute atomic E-state index is 13.1. The number of amides is 2. The van der Waals surface area contributed by atoms with Crippen LogP contribution in [0.1, 0.15) is 17.3 Å². The summed E-state index contributed by atoms with van der Waals surface area (Å²) in [6.07, 6.45) is 6.88. The third-order valence-electron chi connectivity index (χ3n) is 5.47. The Labute approximate surface area is 206 Å². The van der Waals surface area contributed by atoms with Crippen molar-refractivity contribution in [3.05, 3.63) is 88.6 Å². The Hall–Kier alpha value is -3.40. The lowest BCUT2D eigenvalue weighted by molar-refractivity contribution is 0.147. The molecule has 0 saturated carbocycles. The Morgan fingerprint density at radius 1 is 1.32 bits per heavy atom. The van der Waals surface area contributed by atoms with Crippen molar-refractivity contribution in [2.45, 2.75) is 12.5 Å². The van der Waals surface area contributed by atoms with Gasteiger partial charge in [-0.2, -0.15) is 5.10 Å². The summed E-state index contributed by atoms with van der Waals surface area (Å²) < 4.78 is 1.66. The third-order valence-corrected chi connectivity index (χ3v) is 6.02. The summed E-state index contributed by atoms with van der Waals surface area (Å²) >= 11 is 12.4. The number of nitrogens with zero attached hydrogens (tertiary/aromatic N) is 6. The van der Waals surface area contributed by atoms with E-state index < -0.39 is 6.04 Å². The van der Waals surface area contributed by atoms with E-state index in [1.54, 1.807) is 47.1 Å². The van der Waals surface area contributed by atoms with Gasteiger partial charge in [-0.05, 0) is 17.7 Å². The monoisotopic (exact) mass is 499 g/mol.